The van der Waals surface area contributed by atoms with Crippen molar-refractivity contribution in [2.45, 2.75) is 83.8 Å². The Morgan fingerprint density at radius 3 is 2.34 bits per heavy atom. The van der Waals surface area contributed by atoms with Gasteiger partial charge in [-0.3, -0.25) is 4.79 Å². The Bertz CT molecular complexity index is 1120. The molecule has 4 atom stereocenters. The third kappa shape index (κ3) is 7.91. The summed E-state index contributed by atoms with van der Waals surface area (Å²) in [7, 11) is 0. The lowest BCUT2D eigenvalue weighted by Gasteiger charge is -2.39. The fraction of sp³-hybridized carbons (Fsp3) is 0.600. The molecule has 0 bridgehead atoms. The number of benzene rings is 2. The fourth-order valence-corrected chi connectivity index (χ4v) is 7.34. The SMILES string of the molecule is CCCN(C(=O)OCc1ccc(C)cc1)C1CCN(C[C@H]2CC(C(CC3CC3)C(=O)O)C[C@@H]2c2ccccc2)CC1. The second-order valence-corrected chi connectivity index (χ2v) is 12.9. The molecule has 2 aliphatic carbocycles. The van der Waals surface area contributed by atoms with E-state index in [9.17, 15) is 14.7 Å². The molecule has 2 aromatic rings. The van der Waals surface area contributed by atoms with E-state index in [1.54, 1.807) is 0 Å². The Morgan fingerprint density at radius 2 is 1.71 bits per heavy atom. The first-order valence-electron chi connectivity index (χ1n) is 15.9. The van der Waals surface area contributed by atoms with E-state index in [2.05, 4.69) is 49.1 Å². The lowest BCUT2D eigenvalue weighted by molar-refractivity contribution is -0.144. The number of piperidine rings is 1. The van der Waals surface area contributed by atoms with E-state index in [1.807, 2.05) is 29.2 Å². The van der Waals surface area contributed by atoms with Gasteiger partial charge in [-0.2, -0.15) is 0 Å². The van der Waals surface area contributed by atoms with E-state index in [0.717, 1.165) is 70.3 Å². The monoisotopic (exact) mass is 560 g/mol. The molecular formula is C35H48N2O4. The first kappa shape index (κ1) is 29.6. The maximum absolute atomic E-state index is 13.1. The van der Waals surface area contributed by atoms with Crippen LogP contribution in [-0.2, 0) is 16.1 Å². The lowest BCUT2D eigenvalue weighted by Crippen LogP contribution is -2.48. The zero-order chi connectivity index (χ0) is 28.8. The number of hydrogen-bond donors (Lipinski definition) is 1. The van der Waals surface area contributed by atoms with Gasteiger partial charge in [0, 0.05) is 32.2 Å². The number of aryl methyl sites for hydroxylation is 1. The average Bonchev–Trinajstić information content (AvgIpc) is 3.72. The van der Waals surface area contributed by atoms with E-state index < -0.39 is 5.97 Å². The number of rotatable bonds is 12. The number of carboxylic acids is 1. The molecule has 222 valence electrons. The minimum Gasteiger partial charge on any atom is -0.481 e. The van der Waals surface area contributed by atoms with Gasteiger partial charge in [-0.15, -0.1) is 0 Å². The molecule has 1 heterocycles. The molecule has 0 aromatic heterocycles. The summed E-state index contributed by atoms with van der Waals surface area (Å²) in [5, 5.41) is 10.1. The van der Waals surface area contributed by atoms with Gasteiger partial charge in [0.15, 0.2) is 0 Å². The summed E-state index contributed by atoms with van der Waals surface area (Å²) >= 11 is 0. The molecular weight excluding hydrogens is 512 g/mol. The van der Waals surface area contributed by atoms with E-state index in [0.29, 0.717) is 24.4 Å². The highest BCUT2D eigenvalue weighted by Crippen LogP contribution is 2.49. The predicted molar refractivity (Wildman–Crippen MR) is 162 cm³/mol. The largest absolute Gasteiger partial charge is 0.481 e. The Labute approximate surface area is 246 Å². The van der Waals surface area contributed by atoms with E-state index >= 15 is 0 Å². The van der Waals surface area contributed by atoms with Crippen molar-refractivity contribution in [3.63, 3.8) is 0 Å². The Balaban J connectivity index is 1.18. The van der Waals surface area contributed by atoms with Crippen LogP contribution in [0.25, 0.3) is 0 Å². The molecule has 2 unspecified atom stereocenters. The molecule has 0 radical (unpaired) electrons. The summed E-state index contributed by atoms with van der Waals surface area (Å²) in [6.45, 7) is 8.12. The van der Waals surface area contributed by atoms with Gasteiger partial charge in [0.1, 0.15) is 6.61 Å². The number of likely N-dealkylation sites (tertiary alicyclic amines) is 1. The van der Waals surface area contributed by atoms with Crippen LogP contribution in [0.15, 0.2) is 54.6 Å². The Kier molecular flexibility index (Phi) is 10.0. The predicted octanol–water partition coefficient (Wildman–Crippen LogP) is 7.12. The second-order valence-electron chi connectivity index (χ2n) is 12.9. The van der Waals surface area contributed by atoms with Crippen molar-refractivity contribution < 1.29 is 19.4 Å². The van der Waals surface area contributed by atoms with Crippen molar-refractivity contribution >= 4 is 12.1 Å². The maximum Gasteiger partial charge on any atom is 0.410 e. The third-order valence-electron chi connectivity index (χ3n) is 9.80. The first-order chi connectivity index (χ1) is 19.9. The summed E-state index contributed by atoms with van der Waals surface area (Å²) in [5.41, 5.74) is 3.57. The van der Waals surface area contributed by atoms with E-state index in [4.69, 9.17) is 4.74 Å². The van der Waals surface area contributed by atoms with Gasteiger partial charge in [-0.1, -0.05) is 79.9 Å². The van der Waals surface area contributed by atoms with Crippen molar-refractivity contribution in [3.05, 3.63) is 71.3 Å². The highest BCUT2D eigenvalue weighted by Gasteiger charge is 2.43. The van der Waals surface area contributed by atoms with Crippen molar-refractivity contribution in [1.29, 1.82) is 0 Å². The molecule has 3 fully saturated rings. The molecule has 5 rings (SSSR count). The van der Waals surface area contributed by atoms with Gasteiger partial charge in [0.25, 0.3) is 0 Å². The summed E-state index contributed by atoms with van der Waals surface area (Å²) in [4.78, 5) is 29.9. The molecule has 1 N–H and O–H groups in total. The summed E-state index contributed by atoms with van der Waals surface area (Å²) in [6.07, 6.45) is 7.83. The molecule has 0 spiro atoms. The van der Waals surface area contributed by atoms with Gasteiger partial charge >= 0.3 is 12.1 Å². The van der Waals surface area contributed by atoms with Crippen LogP contribution in [0.5, 0.6) is 0 Å². The Hall–Kier alpha value is -2.86. The zero-order valence-electron chi connectivity index (χ0n) is 24.9. The van der Waals surface area contributed by atoms with Gasteiger partial charge < -0.3 is 19.6 Å². The van der Waals surface area contributed by atoms with Crippen LogP contribution in [0.3, 0.4) is 0 Å². The lowest BCUT2D eigenvalue weighted by atomic mass is 9.85. The van der Waals surface area contributed by atoms with Crippen LogP contribution in [0, 0.1) is 30.6 Å². The molecule has 1 amide bonds. The number of carbonyl (C=O) groups excluding carboxylic acids is 1. The molecule has 6 nitrogen and oxygen atoms in total. The summed E-state index contributed by atoms with van der Waals surface area (Å²) in [6, 6.07) is 19.1. The third-order valence-corrected chi connectivity index (χ3v) is 9.80. The zero-order valence-corrected chi connectivity index (χ0v) is 24.9. The minimum atomic E-state index is -0.597. The smallest absolute Gasteiger partial charge is 0.410 e. The quantitative estimate of drug-likeness (QED) is 0.299. The molecule has 3 aliphatic rings. The number of carboxylic acid groups (broad SMARTS) is 1. The fourth-order valence-electron chi connectivity index (χ4n) is 7.34. The van der Waals surface area contributed by atoms with Crippen molar-refractivity contribution in [3.8, 4) is 0 Å². The van der Waals surface area contributed by atoms with Crippen molar-refractivity contribution in [2.24, 2.45) is 23.7 Å². The van der Waals surface area contributed by atoms with Gasteiger partial charge in [-0.25, -0.2) is 4.79 Å². The van der Waals surface area contributed by atoms with Crippen molar-refractivity contribution in [2.75, 3.05) is 26.2 Å². The molecule has 41 heavy (non-hydrogen) atoms. The molecule has 1 aliphatic heterocycles. The molecule has 6 heteroatoms. The number of ether oxygens (including phenoxy) is 1. The molecule has 2 saturated carbocycles. The number of aliphatic carboxylic acids is 1. The highest BCUT2D eigenvalue weighted by molar-refractivity contribution is 5.70. The molecule has 1 saturated heterocycles. The normalized spacial score (nSPS) is 24.2. The van der Waals surface area contributed by atoms with Gasteiger partial charge in [0.2, 0.25) is 0 Å². The first-order valence-corrected chi connectivity index (χ1v) is 15.9. The minimum absolute atomic E-state index is 0.202. The van der Waals surface area contributed by atoms with Crippen LogP contribution < -0.4 is 0 Å². The number of nitrogens with zero attached hydrogens (tertiary/aromatic N) is 2. The average molecular weight is 561 g/mol. The molecule has 2 aromatic carbocycles. The summed E-state index contributed by atoms with van der Waals surface area (Å²) in [5.74, 6) is 0.946. The maximum atomic E-state index is 13.1. The van der Waals surface area contributed by atoms with Crippen LogP contribution in [-0.4, -0.2) is 59.2 Å². The van der Waals surface area contributed by atoms with Gasteiger partial charge in [-0.05, 0) is 80.2 Å². The van der Waals surface area contributed by atoms with Crippen LogP contribution in [0.2, 0.25) is 0 Å². The highest BCUT2D eigenvalue weighted by atomic mass is 16.6. The number of carbonyl (C=O) groups is 2. The number of amides is 1. The van der Waals surface area contributed by atoms with Crippen LogP contribution in [0.1, 0.15) is 80.9 Å². The van der Waals surface area contributed by atoms with Crippen molar-refractivity contribution in [1.82, 2.24) is 9.80 Å². The Morgan fingerprint density at radius 1 is 1.00 bits per heavy atom. The number of hydrogen-bond acceptors (Lipinski definition) is 4. The standard InChI is InChI=1S/C35H48N2O4/c1-3-17-37(35(40)41-24-27-11-9-25(2)10-12-27)31-15-18-36(19-16-31)23-30-21-29(33(34(38)39)20-26-13-14-26)22-32(30)28-7-5-4-6-8-28/h4-12,26,29-33H,3,13-24H2,1-2H3,(H,38,39)/t29?,30-,32-,33?/m1/s1. The van der Waals surface area contributed by atoms with Crippen LogP contribution in [0.4, 0.5) is 4.79 Å². The van der Waals surface area contributed by atoms with E-state index in [1.165, 1.54) is 24.0 Å². The topological polar surface area (TPSA) is 70.1 Å². The van der Waals surface area contributed by atoms with Gasteiger partial charge in [0.05, 0.1) is 5.92 Å². The second kappa shape index (κ2) is 13.9. The van der Waals surface area contributed by atoms with Crippen LogP contribution >= 0.6 is 0 Å². The van der Waals surface area contributed by atoms with E-state index in [-0.39, 0.29) is 24.0 Å². The summed E-state index contributed by atoms with van der Waals surface area (Å²) < 4.78 is 5.74.